The van der Waals surface area contributed by atoms with Gasteiger partial charge in [0.25, 0.3) is 0 Å². The van der Waals surface area contributed by atoms with Crippen LogP contribution in [0.25, 0.3) is 0 Å². The SMILES string of the molecule is COC(=O)c1cc(N)c(N[C@@H]2C[C@H](C)CC(C)(C)C2)cc1C.COC(=O)c1cc(N)c(N[C@H]2C[C@@H](C)CC(C)(C)C2)cc1C. The maximum atomic E-state index is 11.7. The first-order valence-electron chi connectivity index (χ1n) is 15.9. The van der Waals surface area contributed by atoms with E-state index in [2.05, 4.69) is 52.2 Å². The molecule has 0 saturated heterocycles. The maximum absolute atomic E-state index is 11.7. The molecule has 0 radical (unpaired) electrons. The average molecular weight is 609 g/mol. The van der Waals surface area contributed by atoms with E-state index in [1.165, 1.54) is 27.1 Å². The van der Waals surface area contributed by atoms with Crippen molar-refractivity contribution in [3.8, 4) is 0 Å². The fourth-order valence-corrected chi connectivity index (χ4v) is 7.71. The van der Waals surface area contributed by atoms with Crippen molar-refractivity contribution in [1.82, 2.24) is 0 Å². The first kappa shape index (κ1) is 35.1. The summed E-state index contributed by atoms with van der Waals surface area (Å²) in [5.41, 5.74) is 18.8. The molecule has 8 heteroatoms. The molecule has 0 bridgehead atoms. The summed E-state index contributed by atoms with van der Waals surface area (Å²) < 4.78 is 9.58. The summed E-state index contributed by atoms with van der Waals surface area (Å²) in [6, 6.07) is 8.16. The largest absolute Gasteiger partial charge is 0.465 e. The van der Waals surface area contributed by atoms with Crippen LogP contribution in [-0.2, 0) is 9.47 Å². The molecule has 4 atom stereocenters. The van der Waals surface area contributed by atoms with Gasteiger partial charge in [0.15, 0.2) is 0 Å². The molecule has 0 spiro atoms. The fourth-order valence-electron chi connectivity index (χ4n) is 7.71. The van der Waals surface area contributed by atoms with Gasteiger partial charge >= 0.3 is 11.9 Å². The van der Waals surface area contributed by atoms with E-state index >= 15 is 0 Å². The Morgan fingerprint density at radius 1 is 0.682 bits per heavy atom. The van der Waals surface area contributed by atoms with Crippen molar-refractivity contribution >= 4 is 34.7 Å². The number of aryl methyl sites for hydroxylation is 2. The van der Waals surface area contributed by atoms with E-state index in [1.807, 2.05) is 26.0 Å². The molecule has 0 heterocycles. The number of esters is 2. The standard InChI is InChI=1S/2C18H28N2O2/c2*1-11-6-13(10-18(3,4)9-11)20-16-7-12(2)14(8-15(16)19)17(21)22-5/h2*7-8,11,13,20H,6,9-10,19H2,1-5H3/t2*11-,13+/m10/s1. The van der Waals surface area contributed by atoms with Crippen LogP contribution in [0, 0.1) is 36.5 Å². The molecule has 2 aliphatic carbocycles. The predicted octanol–water partition coefficient (Wildman–Crippen LogP) is 7.98. The quantitative estimate of drug-likeness (QED) is 0.192. The molecular formula is C36H56N4O4. The molecule has 4 rings (SSSR count). The Morgan fingerprint density at radius 2 is 1.02 bits per heavy atom. The summed E-state index contributed by atoms with van der Waals surface area (Å²) in [6.07, 6.45) is 7.10. The minimum absolute atomic E-state index is 0.344. The van der Waals surface area contributed by atoms with Crippen molar-refractivity contribution in [3.63, 3.8) is 0 Å². The number of nitrogens with two attached hydrogens (primary N) is 2. The Kier molecular flexibility index (Phi) is 11.3. The zero-order valence-electron chi connectivity index (χ0n) is 28.6. The van der Waals surface area contributed by atoms with Crippen LogP contribution in [0.15, 0.2) is 24.3 Å². The van der Waals surface area contributed by atoms with Gasteiger partial charge in [0.2, 0.25) is 0 Å². The van der Waals surface area contributed by atoms with Gasteiger partial charge in [-0.05, 0) is 110 Å². The van der Waals surface area contributed by atoms with E-state index in [-0.39, 0.29) is 11.9 Å². The molecule has 244 valence electrons. The molecule has 44 heavy (non-hydrogen) atoms. The summed E-state index contributed by atoms with van der Waals surface area (Å²) in [4.78, 5) is 23.4. The van der Waals surface area contributed by atoms with E-state index in [0.717, 1.165) is 48.2 Å². The van der Waals surface area contributed by atoms with Crippen LogP contribution in [0.1, 0.15) is 112 Å². The zero-order valence-corrected chi connectivity index (χ0v) is 28.6. The second-order valence-electron chi connectivity index (χ2n) is 15.0. The van der Waals surface area contributed by atoms with E-state index in [9.17, 15) is 9.59 Å². The van der Waals surface area contributed by atoms with Gasteiger partial charge in [-0.3, -0.25) is 0 Å². The van der Waals surface area contributed by atoms with Crippen molar-refractivity contribution < 1.29 is 19.1 Å². The Labute approximate surface area is 265 Å². The van der Waals surface area contributed by atoms with E-state index in [1.54, 1.807) is 12.1 Å². The van der Waals surface area contributed by atoms with Crippen LogP contribution >= 0.6 is 0 Å². The zero-order chi connectivity index (χ0) is 33.0. The lowest BCUT2D eigenvalue weighted by Gasteiger charge is -2.39. The summed E-state index contributed by atoms with van der Waals surface area (Å²) >= 11 is 0. The number of hydrogen-bond acceptors (Lipinski definition) is 8. The lowest BCUT2D eigenvalue weighted by Crippen LogP contribution is -2.35. The highest BCUT2D eigenvalue weighted by Crippen LogP contribution is 2.41. The van der Waals surface area contributed by atoms with Gasteiger partial charge in [0, 0.05) is 12.1 Å². The van der Waals surface area contributed by atoms with Crippen LogP contribution in [0.4, 0.5) is 22.7 Å². The highest BCUT2D eigenvalue weighted by molar-refractivity contribution is 5.94. The lowest BCUT2D eigenvalue weighted by atomic mass is 9.70. The third-order valence-corrected chi connectivity index (χ3v) is 9.10. The number of methoxy groups -OCH3 is 2. The first-order chi connectivity index (χ1) is 20.4. The number of ether oxygens (including phenoxy) is 2. The minimum Gasteiger partial charge on any atom is -0.465 e. The Morgan fingerprint density at radius 3 is 1.32 bits per heavy atom. The summed E-state index contributed by atoms with van der Waals surface area (Å²) in [7, 11) is 2.77. The van der Waals surface area contributed by atoms with Crippen LogP contribution in [0.5, 0.6) is 0 Å². The third kappa shape index (κ3) is 9.29. The number of nitrogen functional groups attached to an aromatic ring is 2. The van der Waals surface area contributed by atoms with Crippen LogP contribution in [0.2, 0.25) is 0 Å². The molecular weight excluding hydrogens is 552 g/mol. The van der Waals surface area contributed by atoms with Gasteiger partial charge in [-0.2, -0.15) is 0 Å². The molecule has 0 amide bonds. The molecule has 2 aromatic rings. The Balaban J connectivity index is 0.000000240. The minimum atomic E-state index is -0.344. The van der Waals surface area contributed by atoms with Gasteiger partial charge in [-0.25, -0.2) is 9.59 Å². The maximum Gasteiger partial charge on any atom is 0.338 e. The Bertz CT molecular complexity index is 1230. The third-order valence-electron chi connectivity index (χ3n) is 9.10. The van der Waals surface area contributed by atoms with Crippen LogP contribution < -0.4 is 22.1 Å². The highest BCUT2D eigenvalue weighted by atomic mass is 16.5. The molecule has 6 N–H and O–H groups in total. The van der Waals surface area contributed by atoms with E-state index < -0.39 is 0 Å². The number of carbonyl (C=O) groups is 2. The molecule has 0 aromatic heterocycles. The van der Waals surface area contributed by atoms with E-state index in [0.29, 0.717) is 57.3 Å². The number of carbonyl (C=O) groups excluding carboxylic acids is 2. The second-order valence-corrected chi connectivity index (χ2v) is 15.0. The molecule has 2 fully saturated rings. The molecule has 2 saturated carbocycles. The smallest absolute Gasteiger partial charge is 0.338 e. The predicted molar refractivity (Wildman–Crippen MR) is 182 cm³/mol. The van der Waals surface area contributed by atoms with Gasteiger partial charge < -0.3 is 31.6 Å². The van der Waals surface area contributed by atoms with Crippen LogP contribution in [-0.4, -0.2) is 38.2 Å². The number of rotatable bonds is 6. The van der Waals surface area contributed by atoms with Crippen molar-refractivity contribution in [2.24, 2.45) is 22.7 Å². The average Bonchev–Trinajstić information content (AvgIpc) is 2.89. The second kappa shape index (κ2) is 14.1. The summed E-state index contributed by atoms with van der Waals surface area (Å²) in [5.74, 6) is 0.724. The molecule has 0 aliphatic heterocycles. The summed E-state index contributed by atoms with van der Waals surface area (Å²) in [5, 5.41) is 7.17. The molecule has 2 aliphatic rings. The highest BCUT2D eigenvalue weighted by Gasteiger charge is 2.33. The van der Waals surface area contributed by atoms with Crippen LogP contribution in [0.3, 0.4) is 0 Å². The first-order valence-corrected chi connectivity index (χ1v) is 15.9. The Hall–Kier alpha value is -3.42. The number of hydrogen-bond donors (Lipinski definition) is 4. The number of nitrogens with one attached hydrogen (secondary N) is 2. The number of benzene rings is 2. The van der Waals surface area contributed by atoms with Gasteiger partial charge in [0.1, 0.15) is 0 Å². The topological polar surface area (TPSA) is 129 Å². The van der Waals surface area contributed by atoms with Crippen molar-refractivity contribution in [2.75, 3.05) is 36.3 Å². The summed E-state index contributed by atoms with van der Waals surface area (Å²) in [6.45, 7) is 17.7. The van der Waals surface area contributed by atoms with Gasteiger partial charge in [-0.15, -0.1) is 0 Å². The fraction of sp³-hybridized carbons (Fsp3) is 0.611. The van der Waals surface area contributed by atoms with Crippen molar-refractivity contribution in [2.45, 2.75) is 106 Å². The number of anilines is 4. The molecule has 8 nitrogen and oxygen atoms in total. The van der Waals surface area contributed by atoms with Gasteiger partial charge in [-0.1, -0.05) is 41.5 Å². The lowest BCUT2D eigenvalue weighted by molar-refractivity contribution is 0.0591. The normalized spacial score (nSPS) is 23.9. The monoisotopic (exact) mass is 608 g/mol. The van der Waals surface area contributed by atoms with Crippen molar-refractivity contribution in [1.29, 1.82) is 0 Å². The molecule has 0 unspecified atom stereocenters. The molecule has 2 aromatic carbocycles. The van der Waals surface area contributed by atoms with Crippen molar-refractivity contribution in [3.05, 3.63) is 46.5 Å². The van der Waals surface area contributed by atoms with Gasteiger partial charge in [0.05, 0.1) is 48.1 Å². The van der Waals surface area contributed by atoms with E-state index in [4.69, 9.17) is 20.9 Å².